The third kappa shape index (κ3) is 5.36. The average Bonchev–Trinajstić information content (AvgIpc) is 3.17. The Balaban J connectivity index is 1.45. The van der Waals surface area contributed by atoms with Crippen molar-refractivity contribution in [3.63, 3.8) is 0 Å². The van der Waals surface area contributed by atoms with Crippen molar-refractivity contribution in [2.45, 2.75) is 52.9 Å². The summed E-state index contributed by atoms with van der Waals surface area (Å²) >= 11 is 1.38. The number of nitrogens with one attached hydrogen (secondary N) is 1. The molecule has 30 heavy (non-hydrogen) atoms. The molecule has 1 N–H and O–H groups in total. The van der Waals surface area contributed by atoms with Gasteiger partial charge in [0.05, 0.1) is 0 Å². The Hall–Kier alpha value is -2.48. The first-order valence-electron chi connectivity index (χ1n) is 10.4. The van der Waals surface area contributed by atoms with Crippen LogP contribution in [-0.4, -0.2) is 53.1 Å². The van der Waals surface area contributed by atoms with Gasteiger partial charge < -0.3 is 15.1 Å². The van der Waals surface area contributed by atoms with Crippen molar-refractivity contribution >= 4 is 34.0 Å². The van der Waals surface area contributed by atoms with Crippen molar-refractivity contribution in [1.82, 2.24) is 15.1 Å². The van der Waals surface area contributed by atoms with E-state index in [4.69, 9.17) is 0 Å². The molecule has 1 aliphatic rings. The van der Waals surface area contributed by atoms with Crippen LogP contribution in [0, 0.1) is 13.8 Å². The maximum Gasteiger partial charge on any atom is 0.226 e. The summed E-state index contributed by atoms with van der Waals surface area (Å²) in [4.78, 5) is 29.0. The number of rotatable bonds is 5. The van der Waals surface area contributed by atoms with E-state index < -0.39 is 0 Å². The molecular weight excluding hydrogens is 398 g/mol. The van der Waals surface area contributed by atoms with Crippen LogP contribution in [0.2, 0.25) is 0 Å². The molecule has 1 aliphatic heterocycles. The summed E-state index contributed by atoms with van der Waals surface area (Å²) in [6.07, 6.45) is 0.362. The van der Waals surface area contributed by atoms with Gasteiger partial charge in [-0.15, -0.1) is 10.2 Å². The third-order valence-electron chi connectivity index (χ3n) is 5.43. The molecule has 2 heterocycles. The fourth-order valence-corrected chi connectivity index (χ4v) is 4.23. The minimum atomic E-state index is -0.200. The van der Waals surface area contributed by atoms with Gasteiger partial charge in [0.25, 0.3) is 0 Å². The lowest BCUT2D eigenvalue weighted by Gasteiger charge is -2.37. The lowest BCUT2D eigenvalue weighted by atomic mass is 9.98. The van der Waals surface area contributed by atoms with Crippen molar-refractivity contribution in [1.29, 1.82) is 0 Å². The Labute approximate surface area is 182 Å². The van der Waals surface area contributed by atoms with Crippen LogP contribution in [0.5, 0.6) is 0 Å². The van der Waals surface area contributed by atoms with Gasteiger partial charge in [-0.3, -0.25) is 9.59 Å². The van der Waals surface area contributed by atoms with Gasteiger partial charge in [-0.1, -0.05) is 44.2 Å². The van der Waals surface area contributed by atoms with E-state index in [1.165, 1.54) is 28.2 Å². The van der Waals surface area contributed by atoms with Gasteiger partial charge in [-0.2, -0.15) is 0 Å². The summed E-state index contributed by atoms with van der Waals surface area (Å²) < 4.78 is 0. The molecule has 0 aliphatic carbocycles. The molecule has 7 nitrogen and oxygen atoms in total. The monoisotopic (exact) mass is 429 g/mol. The first-order chi connectivity index (χ1) is 14.1. The molecule has 0 saturated carbocycles. The summed E-state index contributed by atoms with van der Waals surface area (Å²) in [7, 11) is 0. The molecule has 0 spiro atoms. The predicted molar refractivity (Wildman–Crippen MR) is 121 cm³/mol. The summed E-state index contributed by atoms with van der Waals surface area (Å²) in [6.45, 7) is 13.4. The van der Waals surface area contributed by atoms with Crippen LogP contribution in [0.25, 0.3) is 0 Å². The second kappa shape index (κ2) is 9.12. The highest BCUT2D eigenvalue weighted by Crippen LogP contribution is 2.28. The topological polar surface area (TPSA) is 78.4 Å². The SMILES string of the molecule is Cc1cccc(N2CCN(C(=O)CCC(=O)Nc3nnc(C(C)(C)C)s3)CC2)c1C. The van der Waals surface area contributed by atoms with Gasteiger partial charge in [0.1, 0.15) is 5.01 Å². The largest absolute Gasteiger partial charge is 0.368 e. The molecule has 1 fully saturated rings. The maximum absolute atomic E-state index is 12.6. The second-order valence-electron chi connectivity index (χ2n) is 8.80. The van der Waals surface area contributed by atoms with E-state index in [2.05, 4.69) is 73.2 Å². The number of hydrogen-bond donors (Lipinski definition) is 1. The van der Waals surface area contributed by atoms with Crippen LogP contribution in [0.4, 0.5) is 10.8 Å². The van der Waals surface area contributed by atoms with E-state index >= 15 is 0 Å². The molecule has 3 rings (SSSR count). The van der Waals surface area contributed by atoms with Gasteiger partial charge in [-0.05, 0) is 31.0 Å². The molecule has 0 bridgehead atoms. The highest BCUT2D eigenvalue weighted by molar-refractivity contribution is 7.15. The number of aryl methyl sites for hydroxylation is 1. The summed E-state index contributed by atoms with van der Waals surface area (Å²) in [5.74, 6) is -0.174. The fourth-order valence-electron chi connectivity index (χ4n) is 3.41. The lowest BCUT2D eigenvalue weighted by Crippen LogP contribution is -2.49. The van der Waals surface area contributed by atoms with Crippen molar-refractivity contribution < 1.29 is 9.59 Å². The van der Waals surface area contributed by atoms with E-state index in [0.29, 0.717) is 18.2 Å². The van der Waals surface area contributed by atoms with E-state index in [1.807, 2.05) is 4.90 Å². The van der Waals surface area contributed by atoms with Crippen LogP contribution in [0.3, 0.4) is 0 Å². The normalized spacial score (nSPS) is 14.7. The lowest BCUT2D eigenvalue weighted by molar-refractivity contribution is -0.133. The smallest absolute Gasteiger partial charge is 0.226 e. The zero-order valence-electron chi connectivity index (χ0n) is 18.5. The van der Waals surface area contributed by atoms with Crippen molar-refractivity contribution in [2.75, 3.05) is 36.4 Å². The van der Waals surface area contributed by atoms with Crippen molar-refractivity contribution in [2.24, 2.45) is 0 Å². The van der Waals surface area contributed by atoms with Gasteiger partial charge >= 0.3 is 0 Å². The minimum absolute atomic E-state index is 0.0263. The van der Waals surface area contributed by atoms with Crippen LogP contribution in [0.1, 0.15) is 49.7 Å². The Kier molecular flexibility index (Phi) is 6.75. The highest BCUT2D eigenvalue weighted by atomic mass is 32.1. The zero-order chi connectivity index (χ0) is 21.9. The van der Waals surface area contributed by atoms with Crippen LogP contribution in [0.15, 0.2) is 18.2 Å². The number of anilines is 2. The highest BCUT2D eigenvalue weighted by Gasteiger charge is 2.23. The molecule has 1 aromatic carbocycles. The molecule has 162 valence electrons. The molecule has 1 aromatic heterocycles. The Morgan fingerprint density at radius 1 is 1.07 bits per heavy atom. The van der Waals surface area contributed by atoms with E-state index in [1.54, 1.807) is 0 Å². The number of carbonyl (C=O) groups excluding carboxylic acids is 2. The van der Waals surface area contributed by atoms with Crippen LogP contribution < -0.4 is 10.2 Å². The van der Waals surface area contributed by atoms with E-state index in [9.17, 15) is 9.59 Å². The molecule has 1 saturated heterocycles. The minimum Gasteiger partial charge on any atom is -0.368 e. The standard InChI is InChI=1S/C22H31N5O2S/c1-15-7-6-8-17(16(15)2)26-11-13-27(14-12-26)19(29)10-9-18(28)23-21-25-24-20(30-21)22(3,4)5/h6-8H,9-14H2,1-5H3,(H,23,25,28). The number of nitrogens with zero attached hydrogens (tertiary/aromatic N) is 4. The third-order valence-corrected chi connectivity index (χ3v) is 6.69. The number of amides is 2. The molecule has 2 amide bonds. The van der Waals surface area contributed by atoms with E-state index in [-0.39, 0.29) is 30.1 Å². The van der Waals surface area contributed by atoms with Gasteiger partial charge in [-0.25, -0.2) is 0 Å². The van der Waals surface area contributed by atoms with Crippen molar-refractivity contribution in [3.05, 3.63) is 34.3 Å². The first kappa shape index (κ1) is 22.2. The second-order valence-corrected chi connectivity index (χ2v) is 9.77. The molecule has 8 heteroatoms. The van der Waals surface area contributed by atoms with Gasteiger partial charge in [0.2, 0.25) is 16.9 Å². The predicted octanol–water partition coefficient (Wildman–Crippen LogP) is 3.52. The number of piperazine rings is 1. The number of hydrogen-bond acceptors (Lipinski definition) is 6. The number of carbonyl (C=O) groups is 2. The average molecular weight is 430 g/mol. The van der Waals surface area contributed by atoms with Crippen molar-refractivity contribution in [3.8, 4) is 0 Å². The maximum atomic E-state index is 12.6. The molecule has 2 aromatic rings. The molecule has 0 radical (unpaired) electrons. The zero-order valence-corrected chi connectivity index (χ0v) is 19.3. The number of benzene rings is 1. The molecule has 0 unspecified atom stereocenters. The van der Waals surface area contributed by atoms with Crippen LogP contribution >= 0.6 is 11.3 Å². The summed E-state index contributed by atoms with van der Waals surface area (Å²) in [5.41, 5.74) is 3.71. The Bertz CT molecular complexity index is 910. The van der Waals surface area contributed by atoms with E-state index in [0.717, 1.165) is 18.1 Å². The Morgan fingerprint density at radius 2 is 1.77 bits per heavy atom. The molecular formula is C22H31N5O2S. The summed E-state index contributed by atoms with van der Waals surface area (Å²) in [6, 6.07) is 6.34. The summed E-state index contributed by atoms with van der Waals surface area (Å²) in [5, 5.41) is 12.3. The van der Waals surface area contributed by atoms with Gasteiger partial charge in [0.15, 0.2) is 0 Å². The quantitative estimate of drug-likeness (QED) is 0.787. The van der Waals surface area contributed by atoms with Gasteiger partial charge in [0, 0.05) is 50.1 Å². The number of aromatic nitrogens is 2. The van der Waals surface area contributed by atoms with Crippen LogP contribution in [-0.2, 0) is 15.0 Å². The first-order valence-corrected chi connectivity index (χ1v) is 11.2. The molecule has 0 atom stereocenters. The fraction of sp³-hybridized carbons (Fsp3) is 0.545. The Morgan fingerprint density at radius 3 is 2.40 bits per heavy atom.